The average molecular weight is 1880 g/mol. The van der Waals surface area contributed by atoms with Crippen molar-refractivity contribution in [1.82, 2.24) is 107 Å². The fraction of sp³-hybridized carbons (Fsp3) is 0.744. The summed E-state index contributed by atoms with van der Waals surface area (Å²) in [6, 6.07) is -15.9. The number of hydrogen-bond donors (Lipinski definition) is 17. The van der Waals surface area contributed by atoms with Gasteiger partial charge in [-0.3, -0.25) is 101 Å². The van der Waals surface area contributed by atoms with E-state index in [1.165, 1.54) is 34.3 Å². The van der Waals surface area contributed by atoms with Crippen LogP contribution in [0.15, 0.2) is 0 Å². The van der Waals surface area contributed by atoms with Gasteiger partial charge in [0.25, 0.3) is 0 Å². The topological polar surface area (TPSA) is 647 Å². The molecule has 0 saturated carbocycles. The molecule has 0 aromatic heterocycles. The summed E-state index contributed by atoms with van der Waals surface area (Å²) in [7, 11) is 0. The maximum Gasteiger partial charge on any atom is 0.322 e. The van der Waals surface area contributed by atoms with E-state index in [-0.39, 0.29) is 167 Å². The molecule has 0 spiro atoms. The van der Waals surface area contributed by atoms with Gasteiger partial charge in [-0.15, -0.1) is 0 Å². The molecule has 0 bridgehead atoms. The summed E-state index contributed by atoms with van der Waals surface area (Å²) >= 11 is 4.19. The maximum absolute atomic E-state index is 14.5. The van der Waals surface area contributed by atoms with Crippen molar-refractivity contribution in [3.05, 3.63) is 0 Å². The summed E-state index contributed by atoms with van der Waals surface area (Å²) in [4.78, 5) is 302. The number of aliphatic carboxylic acids is 1. The van der Waals surface area contributed by atoms with Crippen LogP contribution >= 0.6 is 12.6 Å². The molecule has 13 heterocycles. The lowest BCUT2D eigenvalue weighted by Gasteiger charge is -2.32. The first-order valence-electron chi connectivity index (χ1n) is 45.5. The molecule has 49 nitrogen and oxygen atoms in total. The number of aliphatic hydroxyl groups excluding tert-OH is 6. The number of nitrogens with one attached hydrogen (secondary N) is 9. The minimum Gasteiger partial charge on any atom is -0.480 e. The number of nitrogens with zero attached hydrogens (tertiary/aromatic N) is 12. The molecule has 13 aliphatic heterocycles. The zero-order valence-electron chi connectivity index (χ0n) is 73.1. The van der Waals surface area contributed by atoms with Crippen LogP contribution in [-0.2, 0) is 101 Å². The number of hydrogen-bond acceptors (Lipinski definition) is 29. The number of rotatable bonds is 30. The SMILES string of the molecule is O=C(O)CNC(=O)[C@@H]1CCCN1C(=O)[C@H](CS)NC(=O)CNC(=O)[C@@H]1CCCN1C(=O)[C@@H]1C[C@@H](O)CN1C(=O)CNC(=O)[C@@H]1CCCN1C(=O)[C@@H]1C[C@@H](O)CN1C(=O)CNC(=O)[C@@H]1CCCN1C(=O)[C@@H]1C[C@@H](O)CN1C(=O)CNC(=O)[C@@H]1CCCN1C(=O)[C@@H]1C[C@@H](O)CN1C(=O)CNC(=O)[C@@H]1CCCN1C(=O)[C@@H]1C[C@@H](O)CN1C(=O)CNC(=O)[C@@H]1CCCN1C(=O)[C@@H]1C[C@@H](O)CN1. The van der Waals surface area contributed by atoms with Crippen molar-refractivity contribution in [1.29, 1.82) is 0 Å². The van der Waals surface area contributed by atoms with Gasteiger partial charge in [0.15, 0.2) is 0 Å². The van der Waals surface area contributed by atoms with Crippen LogP contribution in [0.1, 0.15) is 128 Å². The lowest BCUT2D eigenvalue weighted by atomic mass is 10.1. The maximum atomic E-state index is 14.5. The summed E-state index contributed by atoms with van der Waals surface area (Å²) in [5.41, 5.74) is 0. The Balaban J connectivity index is 0.534. The van der Waals surface area contributed by atoms with Crippen molar-refractivity contribution in [2.24, 2.45) is 0 Å². The Morgan fingerprint density at radius 3 is 0.742 bits per heavy atom. The summed E-state index contributed by atoms with van der Waals surface area (Å²) in [6.07, 6.45) is -3.71. The van der Waals surface area contributed by atoms with Crippen molar-refractivity contribution in [3.63, 3.8) is 0 Å². The van der Waals surface area contributed by atoms with Crippen LogP contribution in [-0.4, -0.2) is 477 Å². The molecule has 726 valence electrons. The van der Waals surface area contributed by atoms with E-state index in [0.29, 0.717) is 57.9 Å². The second kappa shape index (κ2) is 43.3. The summed E-state index contributed by atoms with van der Waals surface area (Å²) in [5.74, 6) is -15.7. The molecule has 0 aromatic carbocycles. The van der Waals surface area contributed by atoms with Crippen LogP contribution in [0.2, 0.25) is 0 Å². The molecule has 0 unspecified atom stereocenters. The molecule has 13 rings (SSSR count). The molecule has 13 fully saturated rings. The number of likely N-dealkylation sites (tertiary alicyclic amines) is 12. The molecule has 13 saturated heterocycles. The number of carbonyl (C=O) groups excluding carboxylic acids is 20. The number of carbonyl (C=O) groups is 21. The van der Waals surface area contributed by atoms with Gasteiger partial charge in [-0.1, -0.05) is 0 Å². The second-order valence-electron chi connectivity index (χ2n) is 36.2. The van der Waals surface area contributed by atoms with E-state index in [0.717, 1.165) is 24.5 Å². The van der Waals surface area contributed by atoms with Gasteiger partial charge in [0.2, 0.25) is 118 Å². The Labute approximate surface area is 762 Å². The summed E-state index contributed by atoms with van der Waals surface area (Å²) in [5, 5.41) is 96.0. The van der Waals surface area contributed by atoms with Crippen LogP contribution in [0.25, 0.3) is 0 Å². The zero-order valence-corrected chi connectivity index (χ0v) is 74.0. The third kappa shape index (κ3) is 22.2. The molecule has 0 aliphatic carbocycles. The quantitative estimate of drug-likeness (QED) is 0.0297. The first-order chi connectivity index (χ1) is 63.0. The van der Waals surface area contributed by atoms with Gasteiger partial charge in [-0.25, -0.2) is 0 Å². The number of amides is 20. The van der Waals surface area contributed by atoms with E-state index in [4.69, 9.17) is 5.11 Å². The van der Waals surface area contributed by atoms with Crippen molar-refractivity contribution in [2.45, 2.75) is 250 Å². The van der Waals surface area contributed by atoms with Gasteiger partial charge in [0, 0.05) is 123 Å². The highest BCUT2D eigenvalue weighted by atomic mass is 32.1. The lowest BCUT2D eigenvalue weighted by Crippen LogP contribution is -2.57. The Morgan fingerprint density at radius 2 is 0.508 bits per heavy atom. The molecular weight excluding hydrogens is 1760 g/mol. The van der Waals surface area contributed by atoms with E-state index >= 15 is 0 Å². The smallest absolute Gasteiger partial charge is 0.322 e. The fourth-order valence-electron chi connectivity index (χ4n) is 20.9. The molecule has 0 aromatic rings. The molecule has 20 amide bonds. The number of carboxylic acid groups (broad SMARTS) is 1. The Morgan fingerprint density at radius 1 is 0.280 bits per heavy atom. The molecule has 13 aliphatic rings. The Kier molecular flexibility index (Phi) is 32.3. The highest BCUT2D eigenvalue weighted by Crippen LogP contribution is 2.34. The standard InChI is InChI=1S/C82H119N21O28S/c104-42-22-48(83-28-42)76(125)92-15-1-8-50(92)70(119)85-30-63(111)100-37-44(106)24-58(100)79(128)95-18-4-11-53(95)72(121)87-32-65(113)102-39-46(108)26-60(102)81(130)97-20-6-13-55(97)74(123)89-34-67(115)103-40-47(109)27-61(103)82(131)98-21-7-14-56(98)73(122)88-33-66(114)101-38-45(107)25-59(101)80(129)96-19-5-12-54(96)71(120)86-31-64(112)99-36-43(105)23-57(99)78(127)94-17-3-10-52(94)69(118)84-29-62(110)91-49(41-132)77(126)93-16-2-9-51(93)75(124)90-35-68(116)117/h42-61,83,104-109,132H,1-41H2,(H,84,118)(H,85,119)(H,86,120)(H,87,121)(H,88,122)(H,89,123)(H,90,124)(H,91,110)(H,116,117)/t42-,43-,44-,45-,46-,47-,48+,49+,50+,51+,52+,53+,54+,55+,56+,57+,58+,59+,60+,61+/m1/s1. The number of carboxylic acids is 1. The number of aliphatic hydroxyl groups is 6. The predicted molar refractivity (Wildman–Crippen MR) is 451 cm³/mol. The minimum atomic E-state index is -1.33. The fourth-order valence-corrected chi connectivity index (χ4v) is 21.2. The van der Waals surface area contributed by atoms with Crippen molar-refractivity contribution in [2.75, 3.05) is 137 Å². The largest absolute Gasteiger partial charge is 0.480 e. The molecule has 20 atom stereocenters. The molecular formula is C82H119N21O28S. The molecule has 132 heavy (non-hydrogen) atoms. The number of β-amino-alcohol motifs (C(OH)–C–C–N with tert-alkyl or cyclic N) is 6. The van der Waals surface area contributed by atoms with Gasteiger partial charge in [0.1, 0.15) is 85.1 Å². The molecule has 0 radical (unpaired) electrons. The normalized spacial score (nSPS) is 30.0. The summed E-state index contributed by atoms with van der Waals surface area (Å²) < 4.78 is 0. The lowest BCUT2D eigenvalue weighted by molar-refractivity contribution is -0.148. The Hall–Kier alpha value is -11.1. The van der Waals surface area contributed by atoms with Crippen LogP contribution in [0, 0.1) is 0 Å². The van der Waals surface area contributed by atoms with E-state index in [9.17, 15) is 131 Å². The van der Waals surface area contributed by atoms with E-state index in [1.54, 1.807) is 0 Å². The second-order valence-corrected chi connectivity index (χ2v) is 36.5. The van der Waals surface area contributed by atoms with Crippen molar-refractivity contribution < 1.29 is 136 Å². The first kappa shape index (κ1) is 98.4. The van der Waals surface area contributed by atoms with Crippen molar-refractivity contribution in [3.8, 4) is 0 Å². The Bertz CT molecular complexity index is 4500. The highest BCUT2D eigenvalue weighted by Gasteiger charge is 2.53. The third-order valence-electron chi connectivity index (χ3n) is 27.4. The summed E-state index contributed by atoms with van der Waals surface area (Å²) in [6.45, 7) is -5.31. The first-order valence-corrected chi connectivity index (χ1v) is 46.1. The average Bonchev–Trinajstić information content (AvgIpc) is 1.65. The highest BCUT2D eigenvalue weighted by molar-refractivity contribution is 7.80. The van der Waals surface area contributed by atoms with Gasteiger partial charge >= 0.3 is 5.97 Å². The third-order valence-corrected chi connectivity index (χ3v) is 27.8. The van der Waals surface area contributed by atoms with Gasteiger partial charge in [-0.2, -0.15) is 12.6 Å². The van der Waals surface area contributed by atoms with E-state index in [2.05, 4.69) is 60.5 Å². The van der Waals surface area contributed by atoms with Crippen molar-refractivity contribution >= 4 is 137 Å². The van der Waals surface area contributed by atoms with Crippen LogP contribution in [0.3, 0.4) is 0 Å². The van der Waals surface area contributed by atoms with Crippen LogP contribution in [0.5, 0.6) is 0 Å². The zero-order chi connectivity index (χ0) is 95.0. The molecule has 16 N–H and O–H groups in total. The van der Waals surface area contributed by atoms with E-state index < -0.39 is 285 Å². The minimum absolute atomic E-state index is 0.0218. The van der Waals surface area contributed by atoms with E-state index in [1.807, 2.05) is 0 Å². The van der Waals surface area contributed by atoms with Gasteiger partial charge in [0.05, 0.1) is 81.9 Å². The van der Waals surface area contributed by atoms with Gasteiger partial charge in [-0.05, 0) is 96.3 Å². The van der Waals surface area contributed by atoms with Gasteiger partial charge < -0.3 is 142 Å². The molecule has 50 heteroatoms. The monoisotopic (exact) mass is 1880 g/mol. The number of thiol groups is 1. The van der Waals surface area contributed by atoms with Crippen LogP contribution < -0.4 is 47.9 Å². The van der Waals surface area contributed by atoms with Crippen LogP contribution in [0.4, 0.5) is 0 Å². The predicted octanol–water partition coefficient (Wildman–Crippen LogP) is -13.2.